The van der Waals surface area contributed by atoms with Crippen LogP contribution in [-0.4, -0.2) is 46.1 Å². The first-order chi connectivity index (χ1) is 9.49. The van der Waals surface area contributed by atoms with Crippen LogP contribution in [0.15, 0.2) is 6.07 Å². The highest BCUT2D eigenvalue weighted by molar-refractivity contribution is 5.92. The number of nitrogens with zero attached hydrogens (tertiary/aromatic N) is 3. The third kappa shape index (κ3) is 3.18. The van der Waals surface area contributed by atoms with Gasteiger partial charge in [0.2, 0.25) is 5.91 Å². The summed E-state index contributed by atoms with van der Waals surface area (Å²) in [6.07, 6.45) is 1.56. The molecule has 1 saturated heterocycles. The zero-order valence-corrected chi connectivity index (χ0v) is 12.3. The Balaban J connectivity index is 1.87. The zero-order chi connectivity index (χ0) is 14.7. The van der Waals surface area contributed by atoms with Gasteiger partial charge in [-0.15, -0.1) is 0 Å². The van der Waals surface area contributed by atoms with Gasteiger partial charge < -0.3 is 10.2 Å². The molecule has 1 aromatic heterocycles. The molecule has 6 nitrogen and oxygen atoms in total. The minimum Gasteiger partial charge on any atom is -0.349 e. The average Bonchev–Trinajstić information content (AvgIpc) is 2.96. The van der Waals surface area contributed by atoms with Crippen molar-refractivity contribution >= 4 is 11.8 Å². The van der Waals surface area contributed by atoms with Crippen LogP contribution in [0.4, 0.5) is 0 Å². The molecule has 0 saturated carbocycles. The largest absolute Gasteiger partial charge is 0.349 e. The van der Waals surface area contributed by atoms with Crippen molar-refractivity contribution in [3.63, 3.8) is 0 Å². The van der Waals surface area contributed by atoms with Crippen molar-refractivity contribution in [2.75, 3.05) is 19.6 Å². The van der Waals surface area contributed by atoms with Gasteiger partial charge in [0.05, 0.1) is 5.69 Å². The lowest BCUT2D eigenvalue weighted by Gasteiger charge is -2.15. The van der Waals surface area contributed by atoms with E-state index in [0.29, 0.717) is 31.1 Å². The molecule has 1 N–H and O–H groups in total. The lowest BCUT2D eigenvalue weighted by molar-refractivity contribution is -0.127. The molecule has 1 aliphatic heterocycles. The number of carbonyl (C=O) groups is 2. The third-order valence-corrected chi connectivity index (χ3v) is 3.56. The highest BCUT2D eigenvalue weighted by Crippen LogP contribution is 2.13. The molecule has 6 heteroatoms. The molecule has 0 spiro atoms. The molecule has 1 aliphatic rings. The third-order valence-electron chi connectivity index (χ3n) is 3.56. The van der Waals surface area contributed by atoms with Crippen molar-refractivity contribution in [3.8, 4) is 0 Å². The van der Waals surface area contributed by atoms with Crippen molar-refractivity contribution < 1.29 is 9.59 Å². The molecule has 0 unspecified atom stereocenters. The van der Waals surface area contributed by atoms with E-state index in [2.05, 4.69) is 10.4 Å². The Morgan fingerprint density at radius 3 is 2.80 bits per heavy atom. The van der Waals surface area contributed by atoms with Gasteiger partial charge in [0.15, 0.2) is 0 Å². The first kappa shape index (κ1) is 14.6. The first-order valence-electron chi connectivity index (χ1n) is 7.09. The summed E-state index contributed by atoms with van der Waals surface area (Å²) in [6.45, 7) is 5.95. The van der Waals surface area contributed by atoms with Crippen LogP contribution in [0, 0.1) is 0 Å². The molecule has 2 heterocycles. The topological polar surface area (TPSA) is 67.2 Å². The van der Waals surface area contributed by atoms with Crippen molar-refractivity contribution in [3.05, 3.63) is 17.5 Å². The average molecular weight is 278 g/mol. The summed E-state index contributed by atoms with van der Waals surface area (Å²) in [5.41, 5.74) is 1.47. The number of amides is 2. The molecule has 0 aliphatic carbocycles. The maximum Gasteiger partial charge on any atom is 0.269 e. The minimum absolute atomic E-state index is 0.140. The minimum atomic E-state index is -0.140. The molecule has 0 atom stereocenters. The molecule has 1 fully saturated rings. The zero-order valence-electron chi connectivity index (χ0n) is 12.3. The van der Waals surface area contributed by atoms with Crippen LogP contribution in [0.3, 0.4) is 0 Å². The standard InChI is InChI=1S/C14H22N4O2/c1-10(2)11-9-12(17(3)16-11)14(20)15-6-8-18-7-4-5-13(18)19/h9-10H,4-8H2,1-3H3,(H,15,20). The van der Waals surface area contributed by atoms with Crippen LogP contribution in [0.1, 0.15) is 48.8 Å². The second-order valence-corrected chi connectivity index (χ2v) is 5.47. The van der Waals surface area contributed by atoms with Crippen LogP contribution < -0.4 is 5.32 Å². The van der Waals surface area contributed by atoms with Gasteiger partial charge in [-0.3, -0.25) is 14.3 Å². The number of aromatic nitrogens is 2. The van der Waals surface area contributed by atoms with Crippen molar-refractivity contribution in [2.45, 2.75) is 32.6 Å². The summed E-state index contributed by atoms with van der Waals surface area (Å²) in [7, 11) is 1.77. The quantitative estimate of drug-likeness (QED) is 0.870. The van der Waals surface area contributed by atoms with Crippen molar-refractivity contribution in [1.29, 1.82) is 0 Å². The van der Waals surface area contributed by atoms with Gasteiger partial charge in [-0.05, 0) is 18.4 Å². The second kappa shape index (κ2) is 6.07. The summed E-state index contributed by atoms with van der Waals surface area (Å²) in [6, 6.07) is 1.82. The highest BCUT2D eigenvalue weighted by Gasteiger charge is 2.20. The van der Waals surface area contributed by atoms with Crippen LogP contribution in [0.25, 0.3) is 0 Å². The van der Waals surface area contributed by atoms with Crippen molar-refractivity contribution in [1.82, 2.24) is 20.0 Å². The number of carbonyl (C=O) groups excluding carboxylic acids is 2. The van der Waals surface area contributed by atoms with Gasteiger partial charge >= 0.3 is 0 Å². The predicted octanol–water partition coefficient (Wildman–Crippen LogP) is 0.896. The van der Waals surface area contributed by atoms with Gasteiger partial charge in [-0.1, -0.05) is 13.8 Å². The van der Waals surface area contributed by atoms with Gasteiger partial charge in [0, 0.05) is 33.1 Å². The van der Waals surface area contributed by atoms with E-state index in [4.69, 9.17) is 0 Å². The summed E-state index contributed by atoms with van der Waals surface area (Å²) in [4.78, 5) is 25.3. The predicted molar refractivity (Wildman–Crippen MR) is 75.4 cm³/mol. The van der Waals surface area contributed by atoms with E-state index >= 15 is 0 Å². The number of aryl methyl sites for hydroxylation is 1. The van der Waals surface area contributed by atoms with E-state index in [1.807, 2.05) is 19.9 Å². The van der Waals surface area contributed by atoms with Crippen LogP contribution in [-0.2, 0) is 11.8 Å². The van der Waals surface area contributed by atoms with Crippen molar-refractivity contribution in [2.24, 2.45) is 7.05 Å². The Morgan fingerprint density at radius 2 is 2.25 bits per heavy atom. The van der Waals surface area contributed by atoms with Crippen LogP contribution in [0.2, 0.25) is 0 Å². The van der Waals surface area contributed by atoms with Gasteiger partial charge in [0.1, 0.15) is 5.69 Å². The van der Waals surface area contributed by atoms with E-state index in [1.54, 1.807) is 16.6 Å². The smallest absolute Gasteiger partial charge is 0.269 e. The molecule has 110 valence electrons. The number of nitrogens with one attached hydrogen (secondary N) is 1. The molecule has 0 bridgehead atoms. The monoisotopic (exact) mass is 278 g/mol. The van der Waals surface area contributed by atoms with Crippen LogP contribution >= 0.6 is 0 Å². The first-order valence-corrected chi connectivity index (χ1v) is 7.09. The number of hydrogen-bond acceptors (Lipinski definition) is 3. The Morgan fingerprint density at radius 1 is 1.50 bits per heavy atom. The summed E-state index contributed by atoms with van der Waals surface area (Å²) >= 11 is 0. The summed E-state index contributed by atoms with van der Waals surface area (Å²) in [5.74, 6) is 0.338. The number of rotatable bonds is 5. The molecule has 20 heavy (non-hydrogen) atoms. The molecule has 2 rings (SSSR count). The maximum absolute atomic E-state index is 12.1. The van der Waals surface area contributed by atoms with Gasteiger partial charge in [-0.2, -0.15) is 5.10 Å². The van der Waals surface area contributed by atoms with Gasteiger partial charge in [-0.25, -0.2) is 0 Å². The fraction of sp³-hybridized carbons (Fsp3) is 0.643. The summed E-state index contributed by atoms with van der Waals surface area (Å²) in [5, 5.41) is 7.17. The number of likely N-dealkylation sites (tertiary alicyclic amines) is 1. The molecule has 0 aromatic carbocycles. The lowest BCUT2D eigenvalue weighted by Crippen LogP contribution is -2.36. The summed E-state index contributed by atoms with van der Waals surface area (Å²) < 4.78 is 1.60. The molecule has 0 radical (unpaired) electrons. The maximum atomic E-state index is 12.1. The number of hydrogen-bond donors (Lipinski definition) is 1. The fourth-order valence-electron chi connectivity index (χ4n) is 2.32. The lowest BCUT2D eigenvalue weighted by atomic mass is 10.1. The molecular weight excluding hydrogens is 256 g/mol. The Labute approximate surface area is 119 Å². The Bertz CT molecular complexity index is 507. The van der Waals surface area contributed by atoms with E-state index in [-0.39, 0.29) is 11.8 Å². The van der Waals surface area contributed by atoms with Crippen LogP contribution in [0.5, 0.6) is 0 Å². The highest BCUT2D eigenvalue weighted by atomic mass is 16.2. The van der Waals surface area contributed by atoms with E-state index < -0.39 is 0 Å². The van der Waals surface area contributed by atoms with Gasteiger partial charge in [0.25, 0.3) is 5.91 Å². The Hall–Kier alpha value is -1.85. The SMILES string of the molecule is CC(C)c1cc(C(=O)NCCN2CCCC2=O)n(C)n1. The molecular formula is C14H22N4O2. The fourth-order valence-corrected chi connectivity index (χ4v) is 2.32. The van der Waals surface area contributed by atoms with E-state index in [1.165, 1.54) is 0 Å². The second-order valence-electron chi connectivity index (χ2n) is 5.47. The molecule has 1 aromatic rings. The van der Waals surface area contributed by atoms with E-state index in [0.717, 1.165) is 18.7 Å². The normalized spacial score (nSPS) is 15.2. The van der Waals surface area contributed by atoms with E-state index in [9.17, 15) is 9.59 Å². The molecule has 2 amide bonds. The Kier molecular flexibility index (Phi) is 4.42.